The molecular formula is C15H23NO. The molecule has 0 amide bonds. The number of hydrogen-bond donors (Lipinski definition) is 1. The van der Waals surface area contributed by atoms with E-state index in [9.17, 15) is 0 Å². The second kappa shape index (κ2) is 4.69. The quantitative estimate of drug-likeness (QED) is 0.864. The highest BCUT2D eigenvalue weighted by Gasteiger charge is 2.30. The molecule has 2 rings (SSSR count). The lowest BCUT2D eigenvalue weighted by Gasteiger charge is -2.32. The predicted molar refractivity (Wildman–Crippen MR) is 71.5 cm³/mol. The maximum atomic E-state index is 5.81. The van der Waals surface area contributed by atoms with Crippen LogP contribution in [0.4, 0.5) is 0 Å². The van der Waals surface area contributed by atoms with Crippen molar-refractivity contribution < 1.29 is 4.74 Å². The van der Waals surface area contributed by atoms with Gasteiger partial charge in [-0.15, -0.1) is 0 Å². The van der Waals surface area contributed by atoms with Crippen molar-refractivity contribution in [1.82, 2.24) is 5.32 Å². The number of fused-ring (bicyclic) bond motifs is 1. The summed E-state index contributed by atoms with van der Waals surface area (Å²) in [6.45, 7) is 10.8. The second-order valence-electron chi connectivity index (χ2n) is 5.79. The number of ether oxygens (including phenoxy) is 1. The van der Waals surface area contributed by atoms with Gasteiger partial charge in [0.05, 0.1) is 6.61 Å². The monoisotopic (exact) mass is 233 g/mol. The minimum atomic E-state index is 0.192. The first-order valence-corrected chi connectivity index (χ1v) is 6.52. The molecule has 2 nitrogen and oxygen atoms in total. The van der Waals surface area contributed by atoms with Crippen LogP contribution in [0.5, 0.6) is 5.75 Å². The first kappa shape index (κ1) is 12.4. The Bertz CT molecular complexity index is 392. The molecule has 2 heteroatoms. The average molecular weight is 233 g/mol. The van der Waals surface area contributed by atoms with E-state index in [-0.39, 0.29) is 5.41 Å². The summed E-state index contributed by atoms with van der Waals surface area (Å²) in [5.41, 5.74) is 2.86. The maximum Gasteiger partial charge on any atom is 0.127 e. The van der Waals surface area contributed by atoms with E-state index < -0.39 is 0 Å². The van der Waals surface area contributed by atoms with Crippen molar-refractivity contribution in [3.05, 3.63) is 29.3 Å². The Morgan fingerprint density at radius 1 is 1.35 bits per heavy atom. The molecule has 0 saturated heterocycles. The lowest BCUT2D eigenvalue weighted by atomic mass is 9.81. The summed E-state index contributed by atoms with van der Waals surface area (Å²) in [7, 11) is 0. The molecule has 0 radical (unpaired) electrons. The second-order valence-corrected chi connectivity index (χ2v) is 5.79. The molecule has 1 aliphatic rings. The van der Waals surface area contributed by atoms with Crippen LogP contribution in [0.15, 0.2) is 18.2 Å². The molecule has 0 saturated carbocycles. The molecule has 0 aliphatic carbocycles. The van der Waals surface area contributed by atoms with Crippen LogP contribution in [0, 0.1) is 5.41 Å². The summed E-state index contributed by atoms with van der Waals surface area (Å²) >= 11 is 0. The smallest absolute Gasteiger partial charge is 0.127 e. The zero-order chi connectivity index (χ0) is 12.5. The number of hydrogen-bond acceptors (Lipinski definition) is 2. The molecule has 1 N–H and O–H groups in total. The lowest BCUT2D eigenvalue weighted by Crippen LogP contribution is -2.32. The summed E-state index contributed by atoms with van der Waals surface area (Å²) in [6, 6.07) is 6.87. The van der Waals surface area contributed by atoms with Crippen molar-refractivity contribution in [2.45, 2.75) is 40.2 Å². The zero-order valence-electron chi connectivity index (χ0n) is 11.3. The van der Waals surface area contributed by atoms with Gasteiger partial charge in [-0.05, 0) is 17.5 Å². The van der Waals surface area contributed by atoms with E-state index in [4.69, 9.17) is 4.74 Å². The van der Waals surface area contributed by atoms with Crippen LogP contribution in [0.2, 0.25) is 0 Å². The Labute approximate surface area is 104 Å². The Morgan fingerprint density at radius 3 is 2.76 bits per heavy atom. The van der Waals surface area contributed by atoms with Gasteiger partial charge in [0.15, 0.2) is 0 Å². The third-order valence-corrected chi connectivity index (χ3v) is 3.33. The average Bonchev–Trinajstić information content (AvgIpc) is 2.72. The van der Waals surface area contributed by atoms with Gasteiger partial charge in [0.2, 0.25) is 0 Å². The highest BCUT2D eigenvalue weighted by Crippen LogP contribution is 2.40. The molecule has 1 aliphatic heterocycles. The minimum absolute atomic E-state index is 0.192. The summed E-state index contributed by atoms with van der Waals surface area (Å²) in [5.74, 6) is 1.12. The number of rotatable bonds is 3. The van der Waals surface area contributed by atoms with Gasteiger partial charge in [0, 0.05) is 18.0 Å². The Balaban J connectivity index is 2.40. The Hall–Kier alpha value is -1.02. The third kappa shape index (κ3) is 2.47. The van der Waals surface area contributed by atoms with Crippen molar-refractivity contribution >= 4 is 0 Å². The minimum Gasteiger partial charge on any atom is -0.493 e. The first-order valence-electron chi connectivity index (χ1n) is 6.52. The van der Waals surface area contributed by atoms with Crippen molar-refractivity contribution in [3.8, 4) is 5.75 Å². The molecule has 0 bridgehead atoms. The van der Waals surface area contributed by atoms with E-state index in [0.717, 1.165) is 25.3 Å². The lowest BCUT2D eigenvalue weighted by molar-refractivity contribution is 0.265. The van der Waals surface area contributed by atoms with Crippen LogP contribution in [0.3, 0.4) is 0 Å². The van der Waals surface area contributed by atoms with Crippen molar-refractivity contribution in [1.29, 1.82) is 0 Å². The van der Waals surface area contributed by atoms with Crippen LogP contribution in [-0.2, 0) is 6.42 Å². The highest BCUT2D eigenvalue weighted by atomic mass is 16.5. The van der Waals surface area contributed by atoms with Crippen molar-refractivity contribution in [3.63, 3.8) is 0 Å². The van der Waals surface area contributed by atoms with Gasteiger partial charge in [-0.3, -0.25) is 0 Å². The van der Waals surface area contributed by atoms with Crippen LogP contribution in [-0.4, -0.2) is 13.2 Å². The normalized spacial score (nSPS) is 16.5. The number of para-hydroxylation sites is 1. The van der Waals surface area contributed by atoms with E-state index in [1.165, 1.54) is 11.1 Å². The molecule has 0 fully saturated rings. The van der Waals surface area contributed by atoms with E-state index in [1.54, 1.807) is 0 Å². The summed E-state index contributed by atoms with van der Waals surface area (Å²) in [5, 5.41) is 3.59. The van der Waals surface area contributed by atoms with Crippen LogP contribution < -0.4 is 10.1 Å². The van der Waals surface area contributed by atoms with Gasteiger partial charge < -0.3 is 10.1 Å². The Kier molecular flexibility index (Phi) is 3.43. The largest absolute Gasteiger partial charge is 0.493 e. The molecule has 1 aromatic rings. The fraction of sp³-hybridized carbons (Fsp3) is 0.600. The topological polar surface area (TPSA) is 21.3 Å². The van der Waals surface area contributed by atoms with Gasteiger partial charge in [-0.2, -0.15) is 0 Å². The first-order chi connectivity index (χ1) is 8.04. The van der Waals surface area contributed by atoms with Crippen molar-refractivity contribution in [2.75, 3.05) is 13.2 Å². The molecule has 1 unspecified atom stereocenters. The van der Waals surface area contributed by atoms with E-state index >= 15 is 0 Å². The van der Waals surface area contributed by atoms with Gasteiger partial charge in [-0.1, -0.05) is 45.9 Å². The van der Waals surface area contributed by atoms with Gasteiger partial charge in [0.1, 0.15) is 5.75 Å². The molecule has 94 valence electrons. The molecular weight excluding hydrogens is 210 g/mol. The summed E-state index contributed by atoms with van der Waals surface area (Å²) < 4.78 is 5.81. The van der Waals surface area contributed by atoms with E-state index in [1.807, 2.05) is 0 Å². The predicted octanol–water partition coefficient (Wildman–Crippen LogP) is 3.32. The van der Waals surface area contributed by atoms with E-state index in [0.29, 0.717) is 6.04 Å². The molecule has 0 aromatic heterocycles. The maximum absolute atomic E-state index is 5.81. The van der Waals surface area contributed by atoms with Crippen LogP contribution in [0.1, 0.15) is 44.9 Å². The number of nitrogens with one attached hydrogen (secondary N) is 1. The summed E-state index contributed by atoms with van der Waals surface area (Å²) in [4.78, 5) is 0. The van der Waals surface area contributed by atoms with Crippen molar-refractivity contribution in [2.24, 2.45) is 5.41 Å². The summed E-state index contributed by atoms with van der Waals surface area (Å²) in [6.07, 6.45) is 1.05. The fourth-order valence-electron chi connectivity index (χ4n) is 2.55. The third-order valence-electron chi connectivity index (χ3n) is 3.33. The molecule has 1 atom stereocenters. The molecule has 0 spiro atoms. The standard InChI is InChI=1S/C15H23NO/c1-5-16-14(15(2,3)4)12-8-6-7-11-9-10-17-13(11)12/h6-8,14,16H,5,9-10H2,1-4H3. The van der Waals surface area contributed by atoms with Crippen LogP contribution in [0.25, 0.3) is 0 Å². The zero-order valence-corrected chi connectivity index (χ0v) is 11.3. The Morgan fingerprint density at radius 2 is 2.12 bits per heavy atom. The SMILES string of the molecule is CCNC(c1cccc2c1OCC2)C(C)(C)C. The van der Waals surface area contributed by atoms with Gasteiger partial charge >= 0.3 is 0 Å². The highest BCUT2D eigenvalue weighted by molar-refractivity contribution is 5.46. The van der Waals surface area contributed by atoms with E-state index in [2.05, 4.69) is 51.2 Å². The van der Waals surface area contributed by atoms with Crippen LogP contribution >= 0.6 is 0 Å². The molecule has 17 heavy (non-hydrogen) atoms. The molecule has 1 heterocycles. The van der Waals surface area contributed by atoms with Gasteiger partial charge in [0.25, 0.3) is 0 Å². The number of benzene rings is 1. The van der Waals surface area contributed by atoms with Gasteiger partial charge in [-0.25, -0.2) is 0 Å². The fourth-order valence-corrected chi connectivity index (χ4v) is 2.55. The molecule has 1 aromatic carbocycles.